The normalized spacial score (nSPS) is 10.1. The fourth-order valence-electron chi connectivity index (χ4n) is 1.25. The summed E-state index contributed by atoms with van der Waals surface area (Å²) < 4.78 is 5.40. The summed E-state index contributed by atoms with van der Waals surface area (Å²) in [7, 11) is 0. The van der Waals surface area contributed by atoms with Crippen molar-refractivity contribution < 1.29 is 14.6 Å². The number of halogens is 2. The minimum atomic E-state index is -1.05. The molecular formula is C12H7Cl2NO3. The van der Waals surface area contributed by atoms with Crippen molar-refractivity contribution in [1.82, 2.24) is 4.98 Å². The van der Waals surface area contributed by atoms with E-state index in [4.69, 9.17) is 33.0 Å². The maximum atomic E-state index is 10.7. The third kappa shape index (κ3) is 2.91. The van der Waals surface area contributed by atoms with Gasteiger partial charge in [-0.15, -0.1) is 0 Å². The molecule has 0 aliphatic heterocycles. The first-order valence-corrected chi connectivity index (χ1v) is 5.64. The van der Waals surface area contributed by atoms with Crippen LogP contribution in [-0.2, 0) is 0 Å². The van der Waals surface area contributed by atoms with Gasteiger partial charge in [0.05, 0.1) is 15.6 Å². The standard InChI is InChI=1S/C12H7Cl2NO3/c13-8-2-4-11(15-6-8)18-10-3-1-7(12(16)17)5-9(10)14/h1-6H,(H,16,17). The number of hydrogen-bond acceptors (Lipinski definition) is 3. The molecule has 0 aliphatic carbocycles. The summed E-state index contributed by atoms with van der Waals surface area (Å²) in [5.74, 6) is -0.395. The van der Waals surface area contributed by atoms with E-state index in [1.54, 1.807) is 12.1 Å². The molecule has 0 atom stereocenters. The zero-order valence-corrected chi connectivity index (χ0v) is 10.4. The van der Waals surface area contributed by atoms with Crippen molar-refractivity contribution in [3.63, 3.8) is 0 Å². The van der Waals surface area contributed by atoms with E-state index in [9.17, 15) is 4.79 Å². The molecule has 1 N–H and O–H groups in total. The van der Waals surface area contributed by atoms with E-state index in [1.807, 2.05) is 0 Å². The number of aromatic carboxylic acids is 1. The first-order valence-electron chi connectivity index (χ1n) is 4.88. The molecule has 92 valence electrons. The number of hydrogen-bond donors (Lipinski definition) is 1. The molecule has 0 unspecified atom stereocenters. The zero-order chi connectivity index (χ0) is 13.1. The lowest BCUT2D eigenvalue weighted by molar-refractivity contribution is 0.0697. The van der Waals surface area contributed by atoms with E-state index in [-0.39, 0.29) is 10.6 Å². The number of aromatic nitrogens is 1. The van der Waals surface area contributed by atoms with Crippen molar-refractivity contribution in [3.05, 3.63) is 52.1 Å². The Kier molecular flexibility index (Phi) is 3.69. The van der Waals surface area contributed by atoms with E-state index >= 15 is 0 Å². The quantitative estimate of drug-likeness (QED) is 0.929. The van der Waals surface area contributed by atoms with Crippen molar-refractivity contribution in [1.29, 1.82) is 0 Å². The average molecular weight is 284 g/mol. The number of pyridine rings is 1. The molecule has 1 aromatic carbocycles. The molecule has 0 saturated heterocycles. The van der Waals surface area contributed by atoms with Crippen LogP contribution in [0.25, 0.3) is 0 Å². The lowest BCUT2D eigenvalue weighted by Gasteiger charge is -2.07. The van der Waals surface area contributed by atoms with Crippen LogP contribution in [-0.4, -0.2) is 16.1 Å². The first-order chi connectivity index (χ1) is 8.56. The highest BCUT2D eigenvalue weighted by molar-refractivity contribution is 6.32. The Labute approximate surface area is 113 Å². The predicted octanol–water partition coefficient (Wildman–Crippen LogP) is 3.88. The summed E-state index contributed by atoms with van der Waals surface area (Å²) in [6.07, 6.45) is 1.44. The Hall–Kier alpha value is -1.78. The van der Waals surface area contributed by atoms with Gasteiger partial charge in [0.1, 0.15) is 5.75 Å². The Balaban J connectivity index is 2.24. The van der Waals surface area contributed by atoms with Gasteiger partial charge >= 0.3 is 5.97 Å². The van der Waals surface area contributed by atoms with Crippen LogP contribution in [0.2, 0.25) is 10.0 Å². The second-order valence-electron chi connectivity index (χ2n) is 3.37. The van der Waals surface area contributed by atoms with Gasteiger partial charge in [0.25, 0.3) is 0 Å². The third-order valence-corrected chi connectivity index (χ3v) is 2.61. The van der Waals surface area contributed by atoms with E-state index in [0.29, 0.717) is 16.7 Å². The number of carboxylic acid groups (broad SMARTS) is 1. The molecule has 4 nitrogen and oxygen atoms in total. The van der Waals surface area contributed by atoms with Crippen LogP contribution in [0, 0.1) is 0 Å². The largest absolute Gasteiger partial charge is 0.478 e. The van der Waals surface area contributed by atoms with Gasteiger partial charge in [-0.25, -0.2) is 9.78 Å². The van der Waals surface area contributed by atoms with E-state index in [1.165, 1.54) is 24.4 Å². The molecule has 0 saturated carbocycles. The molecule has 18 heavy (non-hydrogen) atoms. The summed E-state index contributed by atoms with van der Waals surface area (Å²) in [6, 6.07) is 7.41. The third-order valence-electron chi connectivity index (χ3n) is 2.09. The Bertz CT molecular complexity index is 584. The topological polar surface area (TPSA) is 59.4 Å². The van der Waals surface area contributed by atoms with Gasteiger partial charge in [-0.3, -0.25) is 0 Å². The summed E-state index contributed by atoms with van der Waals surface area (Å²) in [6.45, 7) is 0. The number of carboxylic acids is 1. The van der Waals surface area contributed by atoms with Crippen LogP contribution in [0.3, 0.4) is 0 Å². The number of benzene rings is 1. The van der Waals surface area contributed by atoms with Gasteiger partial charge in [-0.1, -0.05) is 23.2 Å². The van der Waals surface area contributed by atoms with Crippen LogP contribution >= 0.6 is 23.2 Å². The van der Waals surface area contributed by atoms with Crippen molar-refractivity contribution in [2.45, 2.75) is 0 Å². The summed E-state index contributed by atoms with van der Waals surface area (Å²) in [5.41, 5.74) is 0.0939. The number of carbonyl (C=O) groups is 1. The van der Waals surface area contributed by atoms with Crippen LogP contribution in [0.4, 0.5) is 0 Å². The maximum Gasteiger partial charge on any atom is 0.335 e. The minimum absolute atomic E-state index is 0.0939. The summed E-state index contributed by atoms with van der Waals surface area (Å²) in [4.78, 5) is 14.7. The first kappa shape index (κ1) is 12.7. The van der Waals surface area contributed by atoms with Crippen LogP contribution in [0.15, 0.2) is 36.5 Å². The Morgan fingerprint density at radius 2 is 2.00 bits per heavy atom. The van der Waals surface area contributed by atoms with Gasteiger partial charge in [0, 0.05) is 12.3 Å². The van der Waals surface area contributed by atoms with E-state index in [2.05, 4.69) is 4.98 Å². The predicted molar refractivity (Wildman–Crippen MR) is 67.7 cm³/mol. The van der Waals surface area contributed by atoms with Gasteiger partial charge in [-0.05, 0) is 24.3 Å². The second kappa shape index (κ2) is 5.25. The molecule has 1 heterocycles. The lowest BCUT2D eigenvalue weighted by Crippen LogP contribution is -1.96. The average Bonchev–Trinajstić information content (AvgIpc) is 2.34. The minimum Gasteiger partial charge on any atom is -0.478 e. The number of ether oxygens (including phenoxy) is 1. The number of rotatable bonds is 3. The molecule has 2 rings (SSSR count). The monoisotopic (exact) mass is 283 g/mol. The molecule has 0 bridgehead atoms. The van der Waals surface area contributed by atoms with Crippen LogP contribution < -0.4 is 4.74 Å². The zero-order valence-electron chi connectivity index (χ0n) is 8.93. The van der Waals surface area contributed by atoms with Crippen molar-refractivity contribution >= 4 is 29.2 Å². The molecule has 1 aromatic heterocycles. The Morgan fingerprint density at radius 3 is 2.56 bits per heavy atom. The highest BCUT2D eigenvalue weighted by atomic mass is 35.5. The molecule has 0 amide bonds. The maximum absolute atomic E-state index is 10.7. The highest BCUT2D eigenvalue weighted by Gasteiger charge is 2.09. The highest BCUT2D eigenvalue weighted by Crippen LogP contribution is 2.29. The fourth-order valence-corrected chi connectivity index (χ4v) is 1.58. The lowest BCUT2D eigenvalue weighted by atomic mass is 10.2. The van der Waals surface area contributed by atoms with Crippen molar-refractivity contribution in [2.24, 2.45) is 0 Å². The molecule has 0 fully saturated rings. The fraction of sp³-hybridized carbons (Fsp3) is 0. The molecular weight excluding hydrogens is 277 g/mol. The van der Waals surface area contributed by atoms with Gasteiger partial charge in [0.2, 0.25) is 5.88 Å². The van der Waals surface area contributed by atoms with Crippen molar-refractivity contribution in [3.8, 4) is 11.6 Å². The summed E-state index contributed by atoms with van der Waals surface area (Å²) in [5, 5.41) is 9.49. The second-order valence-corrected chi connectivity index (χ2v) is 4.21. The van der Waals surface area contributed by atoms with Crippen molar-refractivity contribution in [2.75, 3.05) is 0 Å². The molecule has 0 radical (unpaired) electrons. The van der Waals surface area contributed by atoms with E-state index < -0.39 is 5.97 Å². The molecule has 0 aliphatic rings. The molecule has 0 spiro atoms. The van der Waals surface area contributed by atoms with Gasteiger partial charge in [0.15, 0.2) is 0 Å². The SMILES string of the molecule is O=C(O)c1ccc(Oc2ccc(Cl)cn2)c(Cl)c1. The summed E-state index contributed by atoms with van der Waals surface area (Å²) >= 11 is 11.6. The van der Waals surface area contributed by atoms with Gasteiger partial charge in [-0.2, -0.15) is 0 Å². The van der Waals surface area contributed by atoms with Gasteiger partial charge < -0.3 is 9.84 Å². The smallest absolute Gasteiger partial charge is 0.335 e. The number of nitrogens with zero attached hydrogens (tertiary/aromatic N) is 1. The molecule has 6 heteroatoms. The van der Waals surface area contributed by atoms with E-state index in [0.717, 1.165) is 0 Å². The molecule has 2 aromatic rings. The van der Waals surface area contributed by atoms with Crippen LogP contribution in [0.5, 0.6) is 11.6 Å². The van der Waals surface area contributed by atoms with Crippen LogP contribution in [0.1, 0.15) is 10.4 Å². The Morgan fingerprint density at radius 1 is 1.22 bits per heavy atom.